The molecule has 1 N–H and O–H groups in total. The number of hydrogen-bond donors (Lipinski definition) is 1. The van der Waals surface area contributed by atoms with Crippen molar-refractivity contribution in [2.75, 3.05) is 12.4 Å². The van der Waals surface area contributed by atoms with Gasteiger partial charge < -0.3 is 5.32 Å². The molecule has 0 aliphatic heterocycles. The van der Waals surface area contributed by atoms with Crippen LogP contribution in [0.15, 0.2) is 28.6 Å². The van der Waals surface area contributed by atoms with Gasteiger partial charge in [0.15, 0.2) is 4.34 Å². The molecule has 0 unspecified atom stereocenters. The topological polar surface area (TPSA) is 50.7 Å². The van der Waals surface area contributed by atoms with Gasteiger partial charge in [-0.2, -0.15) is 0 Å². The predicted molar refractivity (Wildman–Crippen MR) is 78.6 cm³/mol. The Labute approximate surface area is 116 Å². The van der Waals surface area contributed by atoms with Gasteiger partial charge in [0.2, 0.25) is 5.13 Å². The van der Waals surface area contributed by atoms with Crippen LogP contribution in [0.3, 0.4) is 0 Å². The Morgan fingerprint density at radius 3 is 2.89 bits per heavy atom. The molecule has 3 rings (SSSR count). The molecule has 0 aliphatic carbocycles. The van der Waals surface area contributed by atoms with E-state index in [2.05, 4.69) is 26.6 Å². The highest BCUT2D eigenvalue weighted by molar-refractivity contribution is 8.00. The quantitative estimate of drug-likeness (QED) is 0.747. The first-order valence-electron chi connectivity index (χ1n) is 5.33. The number of rotatable bonds is 4. The van der Waals surface area contributed by atoms with Gasteiger partial charge in [-0.05, 0) is 12.1 Å². The Hall–Kier alpha value is -1.18. The van der Waals surface area contributed by atoms with E-state index in [9.17, 15) is 0 Å². The molecule has 2 heterocycles. The van der Waals surface area contributed by atoms with Crippen LogP contribution in [0.5, 0.6) is 0 Å². The van der Waals surface area contributed by atoms with Crippen molar-refractivity contribution in [3.05, 3.63) is 29.3 Å². The summed E-state index contributed by atoms with van der Waals surface area (Å²) < 4.78 is 2.21. The third-order valence-electron chi connectivity index (χ3n) is 2.28. The van der Waals surface area contributed by atoms with E-state index in [-0.39, 0.29) is 0 Å². The summed E-state index contributed by atoms with van der Waals surface area (Å²) >= 11 is 4.98. The van der Waals surface area contributed by atoms with Gasteiger partial charge in [0.05, 0.1) is 16.0 Å². The lowest BCUT2D eigenvalue weighted by Gasteiger charge is -1.90. The predicted octanol–water partition coefficient (Wildman–Crippen LogP) is 3.48. The summed E-state index contributed by atoms with van der Waals surface area (Å²) in [4.78, 5) is 4.59. The van der Waals surface area contributed by atoms with Crippen molar-refractivity contribution < 1.29 is 0 Å². The first-order chi connectivity index (χ1) is 8.85. The summed E-state index contributed by atoms with van der Waals surface area (Å²) in [5.41, 5.74) is 1.08. The van der Waals surface area contributed by atoms with Crippen LogP contribution >= 0.6 is 34.4 Å². The van der Waals surface area contributed by atoms with Crippen LogP contribution in [-0.4, -0.2) is 22.2 Å². The van der Waals surface area contributed by atoms with Gasteiger partial charge in [-0.25, -0.2) is 4.98 Å². The van der Waals surface area contributed by atoms with Crippen LogP contribution in [0.4, 0.5) is 5.13 Å². The molecule has 4 nitrogen and oxygen atoms in total. The van der Waals surface area contributed by atoms with Gasteiger partial charge >= 0.3 is 0 Å². The van der Waals surface area contributed by atoms with E-state index >= 15 is 0 Å². The number of aromatic nitrogens is 3. The molecule has 0 amide bonds. The van der Waals surface area contributed by atoms with Gasteiger partial charge in [-0.3, -0.25) is 0 Å². The van der Waals surface area contributed by atoms with Gasteiger partial charge in [0.25, 0.3) is 0 Å². The van der Waals surface area contributed by atoms with Crippen LogP contribution in [0.1, 0.15) is 5.01 Å². The average molecular weight is 294 g/mol. The molecule has 0 spiro atoms. The minimum absolute atomic E-state index is 0.845. The SMILES string of the molecule is CNc1nnc(SCc2nc3ccccc3s2)s1. The minimum atomic E-state index is 0.845. The molecule has 92 valence electrons. The summed E-state index contributed by atoms with van der Waals surface area (Å²) in [6.07, 6.45) is 0. The Balaban J connectivity index is 1.72. The number of benzene rings is 1. The zero-order valence-corrected chi connectivity index (χ0v) is 12.0. The molecule has 0 saturated heterocycles. The molecule has 0 fully saturated rings. The van der Waals surface area contributed by atoms with Gasteiger partial charge in [-0.1, -0.05) is 35.2 Å². The zero-order chi connectivity index (χ0) is 12.4. The smallest absolute Gasteiger partial charge is 0.206 e. The van der Waals surface area contributed by atoms with E-state index in [1.807, 2.05) is 25.2 Å². The van der Waals surface area contributed by atoms with Gasteiger partial charge in [-0.15, -0.1) is 21.5 Å². The number of anilines is 1. The van der Waals surface area contributed by atoms with Crippen LogP contribution < -0.4 is 5.32 Å². The molecule has 0 bridgehead atoms. The highest BCUT2D eigenvalue weighted by atomic mass is 32.2. The lowest BCUT2D eigenvalue weighted by atomic mass is 10.3. The number of hydrogen-bond acceptors (Lipinski definition) is 7. The van der Waals surface area contributed by atoms with E-state index in [1.54, 1.807) is 34.4 Å². The molecule has 18 heavy (non-hydrogen) atoms. The minimum Gasteiger partial charge on any atom is -0.363 e. The van der Waals surface area contributed by atoms with E-state index < -0.39 is 0 Å². The summed E-state index contributed by atoms with van der Waals surface area (Å²) in [5, 5.41) is 13.1. The van der Waals surface area contributed by atoms with Crippen LogP contribution in [-0.2, 0) is 5.75 Å². The number of nitrogens with one attached hydrogen (secondary N) is 1. The van der Waals surface area contributed by atoms with Crippen LogP contribution in [0, 0.1) is 0 Å². The van der Waals surface area contributed by atoms with Crippen molar-refractivity contribution in [2.45, 2.75) is 10.1 Å². The third kappa shape index (κ3) is 2.47. The third-order valence-corrected chi connectivity index (χ3v) is 5.58. The lowest BCUT2D eigenvalue weighted by molar-refractivity contribution is 1.01. The van der Waals surface area contributed by atoms with Crippen LogP contribution in [0.2, 0.25) is 0 Å². The molecule has 3 aromatic rings. The first kappa shape index (κ1) is 11.9. The van der Waals surface area contributed by atoms with E-state index in [1.165, 1.54) is 4.70 Å². The van der Waals surface area contributed by atoms with Crippen LogP contribution in [0.25, 0.3) is 10.2 Å². The fraction of sp³-hybridized carbons (Fsp3) is 0.182. The number of nitrogens with zero attached hydrogens (tertiary/aromatic N) is 3. The van der Waals surface area contributed by atoms with Crippen molar-refractivity contribution in [1.82, 2.24) is 15.2 Å². The number of thiazole rings is 1. The highest BCUT2D eigenvalue weighted by Gasteiger charge is 2.07. The lowest BCUT2D eigenvalue weighted by Crippen LogP contribution is -1.84. The van der Waals surface area contributed by atoms with Gasteiger partial charge in [0, 0.05) is 7.05 Å². The van der Waals surface area contributed by atoms with Crippen molar-refractivity contribution in [3.63, 3.8) is 0 Å². The average Bonchev–Trinajstić information content (AvgIpc) is 3.02. The molecule has 0 radical (unpaired) electrons. The monoisotopic (exact) mass is 294 g/mol. The summed E-state index contributed by atoms with van der Waals surface area (Å²) in [6.45, 7) is 0. The molecule has 0 atom stereocenters. The molecule has 2 aromatic heterocycles. The zero-order valence-electron chi connectivity index (χ0n) is 9.58. The molecule has 0 saturated carbocycles. The molecule has 0 aliphatic rings. The largest absolute Gasteiger partial charge is 0.363 e. The van der Waals surface area contributed by atoms with E-state index in [0.29, 0.717) is 0 Å². The fourth-order valence-corrected chi connectivity index (χ4v) is 4.14. The Kier molecular flexibility index (Phi) is 3.44. The number of para-hydroxylation sites is 1. The Morgan fingerprint density at radius 1 is 1.22 bits per heavy atom. The van der Waals surface area contributed by atoms with Crippen molar-refractivity contribution in [1.29, 1.82) is 0 Å². The Bertz CT molecular complexity index is 628. The fourth-order valence-electron chi connectivity index (χ4n) is 1.47. The maximum Gasteiger partial charge on any atom is 0.206 e. The number of thioether (sulfide) groups is 1. The summed E-state index contributed by atoms with van der Waals surface area (Å²) in [7, 11) is 1.85. The molecule has 7 heteroatoms. The summed E-state index contributed by atoms with van der Waals surface area (Å²) in [5.74, 6) is 0.845. The summed E-state index contributed by atoms with van der Waals surface area (Å²) in [6, 6.07) is 8.21. The van der Waals surface area contributed by atoms with Gasteiger partial charge in [0.1, 0.15) is 5.01 Å². The maximum absolute atomic E-state index is 4.59. The molecular weight excluding hydrogens is 284 g/mol. The maximum atomic E-state index is 4.59. The second-order valence-corrected chi connectivity index (χ2v) is 6.80. The van der Waals surface area contributed by atoms with Crippen molar-refractivity contribution in [2.24, 2.45) is 0 Å². The van der Waals surface area contributed by atoms with Crippen molar-refractivity contribution >= 4 is 49.8 Å². The number of fused-ring (bicyclic) bond motifs is 1. The Morgan fingerprint density at radius 2 is 2.11 bits per heavy atom. The highest BCUT2D eigenvalue weighted by Crippen LogP contribution is 2.30. The van der Waals surface area contributed by atoms with E-state index in [0.717, 1.165) is 25.7 Å². The first-order valence-corrected chi connectivity index (χ1v) is 7.95. The van der Waals surface area contributed by atoms with E-state index in [4.69, 9.17) is 0 Å². The second-order valence-electron chi connectivity index (χ2n) is 3.49. The second kappa shape index (κ2) is 5.21. The van der Waals surface area contributed by atoms with Crippen molar-refractivity contribution in [3.8, 4) is 0 Å². The molecule has 1 aromatic carbocycles. The normalized spacial score (nSPS) is 10.9. The molecular formula is C11H10N4S3. The standard InChI is InChI=1S/C11H10N4S3/c1-12-10-14-15-11(18-10)16-6-9-13-7-4-2-3-5-8(7)17-9/h2-5H,6H2,1H3,(H,12,14).